The third-order valence-corrected chi connectivity index (χ3v) is 4.67. The molecule has 1 saturated heterocycles. The summed E-state index contributed by atoms with van der Waals surface area (Å²) in [6, 6.07) is 7.65. The number of aromatic nitrogens is 2. The largest absolute Gasteiger partial charge is 0.497 e. The second-order valence-corrected chi connectivity index (χ2v) is 6.87. The maximum absolute atomic E-state index is 5.94. The maximum Gasteiger partial charge on any atom is 0.194 e. The molecular weight excluding hydrogens is 370 g/mol. The minimum Gasteiger partial charge on any atom is -0.497 e. The molecule has 1 fully saturated rings. The van der Waals surface area contributed by atoms with Crippen molar-refractivity contribution in [3.63, 3.8) is 0 Å². The Balaban J connectivity index is 1.50. The van der Waals surface area contributed by atoms with Crippen LogP contribution < -0.4 is 14.8 Å². The van der Waals surface area contributed by atoms with E-state index in [-0.39, 0.29) is 6.10 Å². The van der Waals surface area contributed by atoms with E-state index in [0.29, 0.717) is 19.8 Å². The molecule has 3 rings (SSSR count). The number of nitrogens with zero attached hydrogens (tertiary/aromatic N) is 4. The number of ether oxygens (including phenoxy) is 3. The second kappa shape index (κ2) is 10.7. The first-order valence-electron chi connectivity index (χ1n) is 10.1. The molecule has 1 aromatic heterocycles. The fraction of sp³-hybridized carbons (Fsp3) is 0.524. The van der Waals surface area contributed by atoms with E-state index in [9.17, 15) is 0 Å². The molecule has 2 heterocycles. The lowest BCUT2D eigenvalue weighted by molar-refractivity contribution is -0.00804. The molecule has 158 valence electrons. The van der Waals surface area contributed by atoms with Gasteiger partial charge in [-0.15, -0.1) is 0 Å². The molecule has 2 aromatic rings. The van der Waals surface area contributed by atoms with Crippen molar-refractivity contribution in [3.8, 4) is 11.5 Å². The fourth-order valence-corrected chi connectivity index (χ4v) is 3.21. The molecule has 8 heteroatoms. The van der Waals surface area contributed by atoms with Crippen molar-refractivity contribution in [3.05, 3.63) is 42.2 Å². The van der Waals surface area contributed by atoms with Gasteiger partial charge in [-0.1, -0.05) is 6.07 Å². The first kappa shape index (κ1) is 21.0. The van der Waals surface area contributed by atoms with Crippen LogP contribution in [0.1, 0.15) is 25.0 Å². The Labute approximate surface area is 172 Å². The van der Waals surface area contributed by atoms with Crippen molar-refractivity contribution >= 4 is 5.96 Å². The summed E-state index contributed by atoms with van der Waals surface area (Å²) in [5.74, 6) is 2.53. The first-order chi connectivity index (χ1) is 14.2. The minimum absolute atomic E-state index is 0.0118. The van der Waals surface area contributed by atoms with E-state index in [4.69, 9.17) is 19.2 Å². The molecule has 1 aliphatic heterocycles. The number of rotatable bonds is 8. The van der Waals surface area contributed by atoms with Gasteiger partial charge in [0.05, 0.1) is 33.1 Å². The topological polar surface area (TPSA) is 73.1 Å². The Kier molecular flexibility index (Phi) is 7.75. The van der Waals surface area contributed by atoms with Gasteiger partial charge in [-0.3, -0.25) is 9.67 Å². The van der Waals surface area contributed by atoms with E-state index in [1.54, 1.807) is 11.8 Å². The lowest BCUT2D eigenvalue weighted by Gasteiger charge is -2.34. The molecule has 1 aromatic carbocycles. The number of hydrogen-bond donors (Lipinski definition) is 1. The van der Waals surface area contributed by atoms with Crippen molar-refractivity contribution < 1.29 is 14.2 Å². The number of benzene rings is 1. The third kappa shape index (κ3) is 6.12. The van der Waals surface area contributed by atoms with Gasteiger partial charge in [0.1, 0.15) is 17.6 Å². The first-order valence-corrected chi connectivity index (χ1v) is 10.1. The van der Waals surface area contributed by atoms with Crippen molar-refractivity contribution in [2.24, 2.45) is 12.0 Å². The zero-order chi connectivity index (χ0) is 20.5. The Morgan fingerprint density at radius 1 is 1.38 bits per heavy atom. The molecule has 29 heavy (non-hydrogen) atoms. The summed E-state index contributed by atoms with van der Waals surface area (Å²) in [6.45, 7) is 6.47. The molecule has 8 nitrogen and oxygen atoms in total. The lowest BCUT2D eigenvalue weighted by Crippen LogP contribution is -2.48. The van der Waals surface area contributed by atoms with Gasteiger partial charge in [0.2, 0.25) is 0 Å². The molecule has 1 unspecified atom stereocenters. The van der Waals surface area contributed by atoms with E-state index < -0.39 is 0 Å². The molecule has 1 aliphatic rings. The number of nitrogens with one attached hydrogen (secondary N) is 1. The van der Waals surface area contributed by atoms with Gasteiger partial charge in [-0.05, 0) is 19.1 Å². The Morgan fingerprint density at radius 3 is 3.00 bits per heavy atom. The quantitative estimate of drug-likeness (QED) is 0.415. The van der Waals surface area contributed by atoms with Gasteiger partial charge in [0.25, 0.3) is 0 Å². The van der Waals surface area contributed by atoms with Crippen molar-refractivity contribution in [1.82, 2.24) is 20.0 Å². The van der Waals surface area contributed by atoms with Crippen LogP contribution in [0.3, 0.4) is 0 Å². The van der Waals surface area contributed by atoms with Crippen LogP contribution in [-0.2, 0) is 11.8 Å². The van der Waals surface area contributed by atoms with Gasteiger partial charge in [0.15, 0.2) is 5.96 Å². The van der Waals surface area contributed by atoms with Crippen molar-refractivity contribution in [2.75, 3.05) is 46.5 Å². The highest BCUT2D eigenvalue weighted by atomic mass is 16.5. The average molecular weight is 402 g/mol. The molecule has 0 spiro atoms. The SMILES string of the molecule is CCNC(=NCCCOc1cccc(OC)c1)N1CCOC(c2cnn(C)c2)C1. The molecule has 0 aliphatic carbocycles. The molecule has 0 bridgehead atoms. The molecule has 1 N–H and O–H groups in total. The summed E-state index contributed by atoms with van der Waals surface area (Å²) < 4.78 is 18.8. The molecule has 1 atom stereocenters. The summed E-state index contributed by atoms with van der Waals surface area (Å²) in [5, 5.41) is 7.65. The van der Waals surface area contributed by atoms with Crippen molar-refractivity contribution in [2.45, 2.75) is 19.4 Å². The van der Waals surface area contributed by atoms with E-state index >= 15 is 0 Å². The summed E-state index contributed by atoms with van der Waals surface area (Å²) in [7, 11) is 3.57. The highest BCUT2D eigenvalue weighted by molar-refractivity contribution is 5.80. The predicted octanol–water partition coefficient (Wildman–Crippen LogP) is 2.24. The van der Waals surface area contributed by atoms with Crippen LogP contribution in [0.4, 0.5) is 0 Å². The van der Waals surface area contributed by atoms with Crippen LogP contribution in [-0.4, -0.2) is 67.1 Å². The zero-order valence-electron chi connectivity index (χ0n) is 17.5. The van der Waals surface area contributed by atoms with Gasteiger partial charge in [0, 0.05) is 50.9 Å². The maximum atomic E-state index is 5.94. The molecule has 0 radical (unpaired) electrons. The Morgan fingerprint density at radius 2 is 2.24 bits per heavy atom. The van der Waals surface area contributed by atoms with Crippen LogP contribution in [0, 0.1) is 0 Å². The number of aliphatic imine (C=N–C) groups is 1. The van der Waals surface area contributed by atoms with Crippen LogP contribution in [0.2, 0.25) is 0 Å². The van der Waals surface area contributed by atoms with E-state index in [1.807, 2.05) is 43.7 Å². The Bertz CT molecular complexity index is 792. The van der Waals surface area contributed by atoms with Gasteiger partial charge < -0.3 is 24.4 Å². The van der Waals surface area contributed by atoms with Crippen LogP contribution >= 0.6 is 0 Å². The zero-order valence-corrected chi connectivity index (χ0v) is 17.5. The summed E-state index contributed by atoms with van der Waals surface area (Å²) in [6.07, 6.45) is 4.72. The monoisotopic (exact) mass is 401 g/mol. The van der Waals surface area contributed by atoms with Crippen LogP contribution in [0.5, 0.6) is 11.5 Å². The molecule has 0 saturated carbocycles. The normalized spacial score (nSPS) is 17.3. The standard InChI is InChI=1S/C21H31N5O3/c1-4-22-21(23-9-6-11-28-19-8-5-7-18(13-19)27-3)26-10-12-29-20(16-26)17-14-24-25(2)15-17/h5,7-8,13-15,20H,4,6,9-12,16H2,1-3H3,(H,22,23). The van der Waals surface area contributed by atoms with E-state index in [0.717, 1.165) is 49.1 Å². The van der Waals surface area contributed by atoms with Gasteiger partial charge in [-0.25, -0.2) is 0 Å². The molecule has 0 amide bonds. The average Bonchev–Trinajstić information content (AvgIpc) is 3.19. The van der Waals surface area contributed by atoms with E-state index in [2.05, 4.69) is 22.2 Å². The smallest absolute Gasteiger partial charge is 0.194 e. The number of hydrogen-bond acceptors (Lipinski definition) is 5. The highest BCUT2D eigenvalue weighted by Gasteiger charge is 2.25. The Hall–Kier alpha value is -2.74. The number of morpholine rings is 1. The van der Waals surface area contributed by atoms with Crippen molar-refractivity contribution in [1.29, 1.82) is 0 Å². The fourth-order valence-electron chi connectivity index (χ4n) is 3.21. The van der Waals surface area contributed by atoms with Gasteiger partial charge >= 0.3 is 0 Å². The minimum atomic E-state index is 0.0118. The van der Waals surface area contributed by atoms with Crippen LogP contribution in [0.25, 0.3) is 0 Å². The van der Waals surface area contributed by atoms with Crippen LogP contribution in [0.15, 0.2) is 41.7 Å². The summed E-state index contributed by atoms with van der Waals surface area (Å²) in [4.78, 5) is 7.04. The number of guanidine groups is 1. The molecular formula is C21H31N5O3. The van der Waals surface area contributed by atoms with Gasteiger partial charge in [-0.2, -0.15) is 5.10 Å². The summed E-state index contributed by atoms with van der Waals surface area (Å²) >= 11 is 0. The summed E-state index contributed by atoms with van der Waals surface area (Å²) in [5.41, 5.74) is 1.10. The van der Waals surface area contributed by atoms with E-state index in [1.165, 1.54) is 0 Å². The highest BCUT2D eigenvalue weighted by Crippen LogP contribution is 2.22. The lowest BCUT2D eigenvalue weighted by atomic mass is 10.1. The third-order valence-electron chi connectivity index (χ3n) is 4.67. The predicted molar refractivity (Wildman–Crippen MR) is 113 cm³/mol. The second-order valence-electron chi connectivity index (χ2n) is 6.87. The number of methoxy groups -OCH3 is 1. The number of aryl methyl sites for hydroxylation is 1.